The number of urea groups is 1. The van der Waals surface area contributed by atoms with Crippen LogP contribution in [0.15, 0.2) is 24.5 Å². The minimum absolute atomic E-state index is 0.0487. The van der Waals surface area contributed by atoms with Gasteiger partial charge in [0.1, 0.15) is 6.54 Å². The van der Waals surface area contributed by atoms with Gasteiger partial charge in [-0.2, -0.15) is 0 Å². The first-order valence-electron chi connectivity index (χ1n) is 9.55. The maximum Gasteiger partial charge on any atom is 0.325 e. The average Bonchev–Trinajstić information content (AvgIpc) is 3.00. The zero-order valence-electron chi connectivity index (χ0n) is 16.1. The standard InChI is InChI=1S/C19H27N5O4/c1-22(11-14-3-2-6-20-9-14)12-16(25)15-4-7-23(8-5-15)18(27)13-24-17(26)10-21-19(24)28/h2-3,6,9,15-16,25H,4-5,7-8,10-13H2,1H3,(H,21,28). The average molecular weight is 389 g/mol. The number of rotatable bonds is 7. The monoisotopic (exact) mass is 389 g/mol. The molecule has 4 amide bonds. The van der Waals surface area contributed by atoms with Crippen molar-refractivity contribution < 1.29 is 19.5 Å². The second-order valence-electron chi connectivity index (χ2n) is 7.48. The number of hydrogen-bond acceptors (Lipinski definition) is 6. The van der Waals surface area contributed by atoms with Crippen molar-refractivity contribution in [2.45, 2.75) is 25.5 Å². The van der Waals surface area contributed by atoms with Gasteiger partial charge in [0.05, 0.1) is 12.6 Å². The van der Waals surface area contributed by atoms with E-state index in [0.717, 1.165) is 10.5 Å². The van der Waals surface area contributed by atoms with E-state index in [1.807, 2.05) is 25.4 Å². The highest BCUT2D eigenvalue weighted by Crippen LogP contribution is 2.22. The fraction of sp³-hybridized carbons (Fsp3) is 0.579. The van der Waals surface area contributed by atoms with E-state index < -0.39 is 12.1 Å². The first-order chi connectivity index (χ1) is 13.4. The molecule has 2 saturated heterocycles. The zero-order valence-corrected chi connectivity index (χ0v) is 16.1. The predicted octanol–water partition coefficient (Wildman–Crippen LogP) is -0.335. The van der Waals surface area contributed by atoms with Gasteiger partial charge in [-0.25, -0.2) is 4.79 Å². The van der Waals surface area contributed by atoms with E-state index in [1.165, 1.54) is 0 Å². The third-order valence-electron chi connectivity index (χ3n) is 5.34. The number of aliphatic hydroxyl groups is 1. The van der Waals surface area contributed by atoms with Crippen LogP contribution in [0.2, 0.25) is 0 Å². The van der Waals surface area contributed by atoms with Crippen molar-refractivity contribution in [2.75, 3.05) is 39.8 Å². The fourth-order valence-electron chi connectivity index (χ4n) is 3.72. The lowest BCUT2D eigenvalue weighted by Crippen LogP contribution is -2.48. The number of aromatic nitrogens is 1. The lowest BCUT2D eigenvalue weighted by atomic mass is 9.91. The molecule has 0 radical (unpaired) electrons. The van der Waals surface area contributed by atoms with Crippen LogP contribution in [0.4, 0.5) is 4.79 Å². The van der Waals surface area contributed by atoms with Gasteiger partial charge in [0.25, 0.3) is 5.91 Å². The molecule has 152 valence electrons. The van der Waals surface area contributed by atoms with E-state index in [2.05, 4.69) is 15.2 Å². The van der Waals surface area contributed by atoms with Crippen LogP contribution in [0.25, 0.3) is 0 Å². The lowest BCUT2D eigenvalue weighted by molar-refractivity contribution is -0.138. The molecule has 2 N–H and O–H groups in total. The summed E-state index contributed by atoms with van der Waals surface area (Å²) in [7, 11) is 1.97. The molecule has 3 heterocycles. The molecule has 3 rings (SSSR count). The third kappa shape index (κ3) is 5.05. The summed E-state index contributed by atoms with van der Waals surface area (Å²) in [6.07, 6.45) is 4.49. The van der Waals surface area contributed by atoms with Gasteiger partial charge in [0.15, 0.2) is 0 Å². The summed E-state index contributed by atoms with van der Waals surface area (Å²) >= 11 is 0. The number of hydrogen-bond donors (Lipinski definition) is 2. The van der Waals surface area contributed by atoms with Crippen molar-refractivity contribution in [3.63, 3.8) is 0 Å². The van der Waals surface area contributed by atoms with E-state index >= 15 is 0 Å². The van der Waals surface area contributed by atoms with Crippen LogP contribution in [0, 0.1) is 5.92 Å². The van der Waals surface area contributed by atoms with Crippen LogP contribution in [-0.4, -0.2) is 88.5 Å². The summed E-state index contributed by atoms with van der Waals surface area (Å²) in [4.78, 5) is 44.3. The second-order valence-corrected chi connectivity index (χ2v) is 7.48. The Labute approximate surface area is 164 Å². The smallest absolute Gasteiger partial charge is 0.325 e. The Hall–Kier alpha value is -2.52. The molecule has 0 bridgehead atoms. The van der Waals surface area contributed by atoms with Crippen molar-refractivity contribution in [2.24, 2.45) is 5.92 Å². The lowest BCUT2D eigenvalue weighted by Gasteiger charge is -2.35. The number of amides is 4. The highest BCUT2D eigenvalue weighted by atomic mass is 16.3. The largest absolute Gasteiger partial charge is 0.392 e. The van der Waals surface area contributed by atoms with Gasteiger partial charge >= 0.3 is 6.03 Å². The fourth-order valence-corrected chi connectivity index (χ4v) is 3.72. The highest BCUT2D eigenvalue weighted by molar-refractivity contribution is 6.04. The van der Waals surface area contributed by atoms with Gasteiger partial charge in [-0.1, -0.05) is 6.07 Å². The third-order valence-corrected chi connectivity index (χ3v) is 5.34. The van der Waals surface area contributed by atoms with Crippen LogP contribution >= 0.6 is 0 Å². The summed E-state index contributed by atoms with van der Waals surface area (Å²) in [5, 5.41) is 13.0. The van der Waals surface area contributed by atoms with Gasteiger partial charge < -0.3 is 15.3 Å². The Morgan fingerprint density at radius 2 is 2.14 bits per heavy atom. The van der Waals surface area contributed by atoms with E-state index in [1.54, 1.807) is 11.1 Å². The maximum absolute atomic E-state index is 12.4. The van der Waals surface area contributed by atoms with Crippen molar-refractivity contribution >= 4 is 17.8 Å². The molecule has 2 aliphatic heterocycles. The Balaban J connectivity index is 1.42. The summed E-state index contributed by atoms with van der Waals surface area (Å²) in [5.74, 6) is -0.482. The molecule has 0 aliphatic carbocycles. The molecule has 1 atom stereocenters. The Morgan fingerprint density at radius 3 is 2.75 bits per heavy atom. The van der Waals surface area contributed by atoms with E-state index in [-0.39, 0.29) is 30.8 Å². The molecule has 1 unspecified atom stereocenters. The number of pyridine rings is 1. The SMILES string of the molecule is CN(Cc1cccnc1)CC(O)C1CCN(C(=O)CN2C(=O)CNC2=O)CC1. The molecule has 9 heteroatoms. The van der Waals surface area contributed by atoms with Crippen LogP contribution in [0.1, 0.15) is 18.4 Å². The summed E-state index contributed by atoms with van der Waals surface area (Å²) in [5.41, 5.74) is 1.10. The van der Waals surface area contributed by atoms with E-state index in [9.17, 15) is 19.5 Å². The number of nitrogens with zero attached hydrogens (tertiary/aromatic N) is 4. The molecule has 2 fully saturated rings. The van der Waals surface area contributed by atoms with Gasteiger partial charge in [0.2, 0.25) is 5.91 Å². The summed E-state index contributed by atoms with van der Waals surface area (Å²) in [6, 6.07) is 3.39. The predicted molar refractivity (Wildman–Crippen MR) is 101 cm³/mol. The number of aliphatic hydroxyl groups excluding tert-OH is 1. The number of likely N-dealkylation sites (N-methyl/N-ethyl adjacent to an activating group) is 1. The minimum Gasteiger partial charge on any atom is -0.392 e. The van der Waals surface area contributed by atoms with Gasteiger partial charge in [-0.3, -0.25) is 24.4 Å². The zero-order chi connectivity index (χ0) is 20.1. The number of carbonyl (C=O) groups excluding carboxylic acids is 3. The van der Waals surface area contributed by atoms with Crippen LogP contribution in [-0.2, 0) is 16.1 Å². The number of carbonyl (C=O) groups is 3. The Bertz CT molecular complexity index is 690. The molecule has 28 heavy (non-hydrogen) atoms. The number of piperidine rings is 1. The second kappa shape index (κ2) is 9.11. The molecule has 0 saturated carbocycles. The summed E-state index contributed by atoms with van der Waals surface area (Å²) < 4.78 is 0. The van der Waals surface area contributed by atoms with Crippen molar-refractivity contribution in [3.8, 4) is 0 Å². The molecular formula is C19H27N5O4. The Kier molecular flexibility index (Phi) is 6.58. The maximum atomic E-state index is 12.4. The summed E-state index contributed by atoms with van der Waals surface area (Å²) in [6.45, 7) is 2.05. The number of imide groups is 1. The van der Waals surface area contributed by atoms with E-state index in [4.69, 9.17) is 0 Å². The molecule has 1 aromatic heterocycles. The molecule has 1 aromatic rings. The molecule has 0 aromatic carbocycles. The van der Waals surface area contributed by atoms with Gasteiger partial charge in [0, 0.05) is 38.6 Å². The van der Waals surface area contributed by atoms with Crippen molar-refractivity contribution in [1.29, 1.82) is 0 Å². The van der Waals surface area contributed by atoms with Crippen LogP contribution in [0.3, 0.4) is 0 Å². The van der Waals surface area contributed by atoms with Gasteiger partial charge in [-0.15, -0.1) is 0 Å². The van der Waals surface area contributed by atoms with Crippen LogP contribution < -0.4 is 5.32 Å². The minimum atomic E-state index is -0.514. The van der Waals surface area contributed by atoms with Crippen LogP contribution in [0.5, 0.6) is 0 Å². The normalized spacial score (nSPS) is 19.2. The van der Waals surface area contributed by atoms with Crippen molar-refractivity contribution in [1.82, 2.24) is 25.0 Å². The molecule has 2 aliphatic rings. The Morgan fingerprint density at radius 1 is 1.39 bits per heavy atom. The van der Waals surface area contributed by atoms with Crippen molar-refractivity contribution in [3.05, 3.63) is 30.1 Å². The quantitative estimate of drug-likeness (QED) is 0.619. The first-order valence-corrected chi connectivity index (χ1v) is 9.55. The molecular weight excluding hydrogens is 362 g/mol. The van der Waals surface area contributed by atoms with Gasteiger partial charge in [-0.05, 0) is 37.4 Å². The highest BCUT2D eigenvalue weighted by Gasteiger charge is 2.33. The number of likely N-dealkylation sites (tertiary alicyclic amines) is 1. The topological polar surface area (TPSA) is 106 Å². The number of nitrogens with one attached hydrogen (secondary N) is 1. The molecule has 9 nitrogen and oxygen atoms in total. The van der Waals surface area contributed by atoms with E-state index in [0.29, 0.717) is 39.0 Å². The first kappa shape index (κ1) is 20.2. The molecule has 0 spiro atoms.